The van der Waals surface area contributed by atoms with Crippen molar-refractivity contribution in [1.29, 1.82) is 0 Å². The summed E-state index contributed by atoms with van der Waals surface area (Å²) in [4.78, 5) is 0.226. The molecule has 1 fully saturated rings. The van der Waals surface area contributed by atoms with Crippen LogP contribution >= 0.6 is 11.6 Å². The summed E-state index contributed by atoms with van der Waals surface area (Å²) in [6.45, 7) is 2.30. The molecule has 2 rings (SSSR count). The normalized spacial score (nSPS) is 22.1. The molecular weight excluding hydrogens is 274 g/mol. The summed E-state index contributed by atoms with van der Waals surface area (Å²) in [6, 6.07) is 4.85. The van der Waals surface area contributed by atoms with E-state index in [0.717, 1.165) is 0 Å². The molecule has 4 nitrogen and oxygen atoms in total. The second-order valence-corrected chi connectivity index (χ2v) is 6.84. The quantitative estimate of drug-likeness (QED) is 0.903. The second-order valence-electron chi connectivity index (χ2n) is 4.52. The molecule has 1 aliphatic heterocycles. The highest BCUT2D eigenvalue weighted by Gasteiger charge is 2.30. The maximum absolute atomic E-state index is 12.5. The van der Waals surface area contributed by atoms with Crippen LogP contribution in [0.5, 0.6) is 0 Å². The first-order valence-electron chi connectivity index (χ1n) is 5.86. The van der Waals surface area contributed by atoms with E-state index < -0.39 is 16.1 Å². The molecule has 0 aliphatic carbocycles. The van der Waals surface area contributed by atoms with Gasteiger partial charge in [-0.1, -0.05) is 17.7 Å². The van der Waals surface area contributed by atoms with Crippen molar-refractivity contribution in [1.82, 2.24) is 4.31 Å². The number of nitrogens with zero attached hydrogens (tertiary/aromatic N) is 1. The van der Waals surface area contributed by atoms with Crippen LogP contribution in [0.15, 0.2) is 23.1 Å². The van der Waals surface area contributed by atoms with Crippen molar-refractivity contribution in [2.45, 2.75) is 30.8 Å². The van der Waals surface area contributed by atoms with Gasteiger partial charge in [0.15, 0.2) is 0 Å². The van der Waals surface area contributed by atoms with E-state index in [9.17, 15) is 13.5 Å². The Morgan fingerprint density at radius 3 is 2.83 bits per heavy atom. The molecule has 0 radical (unpaired) electrons. The minimum absolute atomic E-state index is 0.161. The summed E-state index contributed by atoms with van der Waals surface area (Å²) >= 11 is 5.96. The first kappa shape index (κ1) is 13.8. The van der Waals surface area contributed by atoms with Crippen LogP contribution < -0.4 is 0 Å². The minimum Gasteiger partial charge on any atom is -0.392 e. The van der Waals surface area contributed by atoms with Gasteiger partial charge >= 0.3 is 0 Å². The molecule has 0 bridgehead atoms. The molecular formula is C12H16ClNO3S. The molecule has 1 saturated heterocycles. The number of rotatable bonds is 2. The molecule has 6 heteroatoms. The van der Waals surface area contributed by atoms with Gasteiger partial charge < -0.3 is 5.11 Å². The monoisotopic (exact) mass is 289 g/mol. The lowest BCUT2D eigenvalue weighted by atomic mass is 10.1. The largest absolute Gasteiger partial charge is 0.392 e. The highest BCUT2D eigenvalue weighted by atomic mass is 35.5. The van der Waals surface area contributed by atoms with Crippen molar-refractivity contribution < 1.29 is 13.5 Å². The Bertz CT molecular complexity index is 544. The number of aliphatic hydroxyl groups is 1. The number of hydrogen-bond acceptors (Lipinski definition) is 3. The zero-order valence-electron chi connectivity index (χ0n) is 10.1. The van der Waals surface area contributed by atoms with Crippen LogP contribution in [0.3, 0.4) is 0 Å². The molecule has 1 unspecified atom stereocenters. The topological polar surface area (TPSA) is 57.6 Å². The Morgan fingerprint density at radius 2 is 2.17 bits per heavy atom. The lowest BCUT2D eigenvalue weighted by Gasteiger charge is -2.29. The standard InChI is InChI=1S/C12H16ClNO3S/c1-9-11(13)5-2-6-12(9)18(16,17)14-7-3-4-10(15)8-14/h2,5-6,10,15H,3-4,7-8H2,1H3. The van der Waals surface area contributed by atoms with Crippen LogP contribution in [0.4, 0.5) is 0 Å². The molecule has 1 aromatic rings. The van der Waals surface area contributed by atoms with E-state index >= 15 is 0 Å². The number of piperidine rings is 1. The van der Waals surface area contributed by atoms with Gasteiger partial charge in [0.1, 0.15) is 0 Å². The Morgan fingerprint density at radius 1 is 1.44 bits per heavy atom. The van der Waals surface area contributed by atoms with Crippen LogP contribution in [-0.2, 0) is 10.0 Å². The highest BCUT2D eigenvalue weighted by Crippen LogP contribution is 2.27. The van der Waals surface area contributed by atoms with Crippen molar-refractivity contribution in [2.75, 3.05) is 13.1 Å². The zero-order valence-corrected chi connectivity index (χ0v) is 11.7. The van der Waals surface area contributed by atoms with Gasteiger partial charge in [-0.2, -0.15) is 4.31 Å². The van der Waals surface area contributed by atoms with Gasteiger partial charge in [0.25, 0.3) is 0 Å². The van der Waals surface area contributed by atoms with E-state index in [-0.39, 0.29) is 11.4 Å². The molecule has 1 atom stereocenters. The molecule has 18 heavy (non-hydrogen) atoms. The van der Waals surface area contributed by atoms with Gasteiger partial charge in [0.05, 0.1) is 11.0 Å². The van der Waals surface area contributed by atoms with Crippen molar-refractivity contribution in [3.8, 4) is 0 Å². The lowest BCUT2D eigenvalue weighted by Crippen LogP contribution is -2.42. The smallest absolute Gasteiger partial charge is 0.243 e. The van der Waals surface area contributed by atoms with Crippen molar-refractivity contribution >= 4 is 21.6 Å². The number of aliphatic hydroxyl groups excluding tert-OH is 1. The summed E-state index contributed by atoms with van der Waals surface area (Å²) < 4.78 is 26.3. The molecule has 1 N–H and O–H groups in total. The van der Waals surface area contributed by atoms with Crippen LogP contribution in [0.25, 0.3) is 0 Å². The van der Waals surface area contributed by atoms with Gasteiger partial charge in [0.2, 0.25) is 10.0 Å². The van der Waals surface area contributed by atoms with Crippen molar-refractivity contribution in [3.05, 3.63) is 28.8 Å². The fourth-order valence-corrected chi connectivity index (χ4v) is 4.14. The maximum atomic E-state index is 12.5. The van der Waals surface area contributed by atoms with Crippen LogP contribution in [0, 0.1) is 6.92 Å². The summed E-state index contributed by atoms with van der Waals surface area (Å²) in [5.74, 6) is 0. The third-order valence-corrected chi connectivity index (χ3v) is 5.61. The van der Waals surface area contributed by atoms with E-state index in [0.29, 0.717) is 30.0 Å². The summed E-state index contributed by atoms with van der Waals surface area (Å²) in [7, 11) is -3.56. The van der Waals surface area contributed by atoms with Crippen LogP contribution in [0.2, 0.25) is 5.02 Å². The van der Waals surface area contributed by atoms with Gasteiger partial charge in [-0.05, 0) is 37.5 Å². The molecule has 1 aliphatic rings. The molecule has 0 saturated carbocycles. The molecule has 0 amide bonds. The minimum atomic E-state index is -3.56. The fourth-order valence-electron chi connectivity index (χ4n) is 2.15. The fraction of sp³-hybridized carbons (Fsp3) is 0.500. The summed E-state index contributed by atoms with van der Waals surface area (Å²) in [6.07, 6.45) is 0.758. The first-order chi connectivity index (χ1) is 8.43. The predicted molar refractivity (Wildman–Crippen MR) is 70.2 cm³/mol. The van der Waals surface area contributed by atoms with Gasteiger partial charge in [-0.3, -0.25) is 0 Å². The van der Waals surface area contributed by atoms with Crippen molar-refractivity contribution in [3.63, 3.8) is 0 Å². The van der Waals surface area contributed by atoms with Gasteiger partial charge in [0, 0.05) is 18.1 Å². The second kappa shape index (κ2) is 5.17. The van der Waals surface area contributed by atoms with Crippen molar-refractivity contribution in [2.24, 2.45) is 0 Å². The Labute approximate surface area is 112 Å². The number of hydrogen-bond donors (Lipinski definition) is 1. The number of sulfonamides is 1. The molecule has 1 heterocycles. The predicted octanol–water partition coefficient (Wildman–Crippen LogP) is 1.79. The molecule has 0 aromatic heterocycles. The average molecular weight is 290 g/mol. The third kappa shape index (κ3) is 2.54. The van der Waals surface area contributed by atoms with E-state index in [1.807, 2.05) is 0 Å². The van der Waals surface area contributed by atoms with Crippen LogP contribution in [-0.4, -0.2) is 37.0 Å². The molecule has 100 valence electrons. The van der Waals surface area contributed by atoms with Gasteiger partial charge in [-0.15, -0.1) is 0 Å². The van der Waals surface area contributed by atoms with E-state index in [1.165, 1.54) is 4.31 Å². The van der Waals surface area contributed by atoms with E-state index in [1.54, 1.807) is 25.1 Å². The summed E-state index contributed by atoms with van der Waals surface area (Å²) in [5.41, 5.74) is 0.555. The Balaban J connectivity index is 2.39. The number of benzene rings is 1. The van der Waals surface area contributed by atoms with E-state index in [4.69, 9.17) is 11.6 Å². The lowest BCUT2D eigenvalue weighted by molar-refractivity contribution is 0.108. The Kier molecular flexibility index (Phi) is 3.96. The Hall–Kier alpha value is -0.620. The summed E-state index contributed by atoms with van der Waals surface area (Å²) in [5, 5.41) is 10.0. The van der Waals surface area contributed by atoms with Gasteiger partial charge in [-0.25, -0.2) is 8.42 Å². The number of halogens is 1. The molecule has 0 spiro atoms. The molecule has 1 aromatic carbocycles. The number of β-amino-alcohol motifs (C(OH)–C–C–N with tert-alkyl or cyclic N) is 1. The third-order valence-electron chi connectivity index (χ3n) is 3.20. The zero-order chi connectivity index (χ0) is 13.3. The SMILES string of the molecule is Cc1c(Cl)cccc1S(=O)(=O)N1CCCC(O)C1. The average Bonchev–Trinajstić information content (AvgIpc) is 2.32. The van der Waals surface area contributed by atoms with E-state index in [2.05, 4.69) is 0 Å². The highest BCUT2D eigenvalue weighted by molar-refractivity contribution is 7.89. The first-order valence-corrected chi connectivity index (χ1v) is 7.68. The maximum Gasteiger partial charge on any atom is 0.243 e. The van der Waals surface area contributed by atoms with Crippen LogP contribution in [0.1, 0.15) is 18.4 Å².